The molecule has 1 atom stereocenters. The summed E-state index contributed by atoms with van der Waals surface area (Å²) in [6.07, 6.45) is 7.90. The number of aliphatic hydroxyl groups is 1. The van der Waals surface area contributed by atoms with E-state index in [1.165, 1.54) is 32.6 Å². The Balaban J connectivity index is 2.55. The van der Waals surface area contributed by atoms with Crippen molar-refractivity contribution in [1.82, 2.24) is 5.32 Å². The molecule has 0 aliphatic rings. The number of carbonyl (C=O) groups is 2. The molecule has 1 aromatic rings. The fraction of sp³-hybridized carbons (Fsp3) is 0.652. The van der Waals surface area contributed by atoms with Crippen LogP contribution in [-0.4, -0.2) is 42.5 Å². The number of alkyl carbamates (subject to hydrolysis) is 1. The molecule has 0 bridgehead atoms. The van der Waals surface area contributed by atoms with Crippen LogP contribution in [0.4, 0.5) is 10.5 Å². The molecule has 0 aliphatic carbocycles. The normalized spacial score (nSPS) is 12.7. The fourth-order valence-electron chi connectivity index (χ4n) is 2.77. The number of hydrogen-bond acceptors (Lipinski definition) is 5. The fourth-order valence-corrected chi connectivity index (χ4v) is 3.00. The van der Waals surface area contributed by atoms with Crippen LogP contribution in [0.3, 0.4) is 0 Å². The molecule has 3 N–H and O–H groups in total. The minimum absolute atomic E-state index is 0.251. The van der Waals surface area contributed by atoms with Gasteiger partial charge in [0.15, 0.2) is 0 Å². The number of halogens is 1. The van der Waals surface area contributed by atoms with Crippen LogP contribution in [0.1, 0.15) is 72.1 Å². The van der Waals surface area contributed by atoms with Crippen LogP contribution in [0.25, 0.3) is 0 Å². The lowest BCUT2D eigenvalue weighted by molar-refractivity contribution is -0.123. The topological polar surface area (TPSA) is 96.9 Å². The first-order chi connectivity index (χ1) is 14.9. The van der Waals surface area contributed by atoms with Crippen LogP contribution < -0.4 is 15.4 Å². The highest BCUT2D eigenvalue weighted by atomic mass is 35.5. The van der Waals surface area contributed by atoms with Gasteiger partial charge in [-0.2, -0.15) is 0 Å². The molecule has 0 fully saturated rings. The lowest BCUT2D eigenvalue weighted by Crippen LogP contribution is -2.57. The molecule has 1 rings (SSSR count). The molecule has 7 nitrogen and oxygen atoms in total. The number of amides is 2. The van der Waals surface area contributed by atoms with Crippen molar-refractivity contribution in [1.29, 1.82) is 0 Å². The van der Waals surface area contributed by atoms with Crippen LogP contribution in [-0.2, 0) is 9.53 Å². The maximum Gasteiger partial charge on any atom is 0.408 e. The van der Waals surface area contributed by atoms with Crippen molar-refractivity contribution in [2.45, 2.75) is 77.7 Å². The highest BCUT2D eigenvalue weighted by Crippen LogP contribution is 2.28. The van der Waals surface area contributed by atoms with Crippen molar-refractivity contribution in [2.75, 3.05) is 25.1 Å². The Hall–Kier alpha value is -1.99. The number of benzene rings is 1. The van der Waals surface area contributed by atoms with Gasteiger partial charge in [0.2, 0.25) is 0 Å². The van der Waals surface area contributed by atoms with E-state index in [9.17, 15) is 14.7 Å². The van der Waals surface area contributed by atoms with E-state index in [4.69, 9.17) is 21.1 Å². The van der Waals surface area contributed by atoms with Crippen molar-refractivity contribution in [3.8, 4) is 5.75 Å². The van der Waals surface area contributed by atoms with E-state index in [2.05, 4.69) is 17.6 Å². The average molecular weight is 457 g/mol. The summed E-state index contributed by atoms with van der Waals surface area (Å²) in [6, 6.07) is 4.93. The third-order valence-corrected chi connectivity index (χ3v) is 5.17. The van der Waals surface area contributed by atoms with Crippen LogP contribution in [0.2, 0.25) is 5.02 Å². The van der Waals surface area contributed by atoms with Crippen LogP contribution >= 0.6 is 11.6 Å². The summed E-state index contributed by atoms with van der Waals surface area (Å²) in [5.74, 6) is -0.0324. The molecular formula is C23H37ClN2O5. The Morgan fingerprint density at radius 2 is 1.71 bits per heavy atom. The summed E-state index contributed by atoms with van der Waals surface area (Å²) in [6.45, 7) is 5.84. The highest BCUT2D eigenvalue weighted by Gasteiger charge is 2.35. The molecule has 8 heteroatoms. The van der Waals surface area contributed by atoms with Crippen LogP contribution in [0.5, 0.6) is 5.75 Å². The van der Waals surface area contributed by atoms with Gasteiger partial charge in [0.05, 0.1) is 24.8 Å². The largest absolute Gasteiger partial charge is 0.492 e. The van der Waals surface area contributed by atoms with Crippen LogP contribution in [0.15, 0.2) is 18.2 Å². The Morgan fingerprint density at radius 3 is 2.35 bits per heavy atom. The van der Waals surface area contributed by atoms with Gasteiger partial charge in [-0.05, 0) is 38.0 Å². The minimum atomic E-state index is -1.54. The number of rotatable bonds is 15. The Morgan fingerprint density at radius 1 is 1.03 bits per heavy atom. The number of nitrogens with one attached hydrogen (secondary N) is 2. The van der Waals surface area contributed by atoms with E-state index in [-0.39, 0.29) is 6.61 Å². The monoisotopic (exact) mass is 456 g/mol. The van der Waals surface area contributed by atoms with E-state index in [0.717, 1.165) is 25.7 Å². The van der Waals surface area contributed by atoms with Gasteiger partial charge in [0, 0.05) is 5.69 Å². The number of unbranched alkanes of at least 4 members (excludes halogenated alkanes) is 6. The van der Waals surface area contributed by atoms with E-state index in [0.29, 0.717) is 23.1 Å². The molecule has 31 heavy (non-hydrogen) atoms. The third-order valence-electron chi connectivity index (χ3n) is 4.87. The predicted molar refractivity (Wildman–Crippen MR) is 124 cm³/mol. The zero-order chi connectivity index (χ0) is 23.1. The Labute approximate surface area is 190 Å². The van der Waals surface area contributed by atoms with Crippen molar-refractivity contribution >= 4 is 29.3 Å². The van der Waals surface area contributed by atoms with E-state index in [1.807, 2.05) is 6.92 Å². The van der Waals surface area contributed by atoms with Gasteiger partial charge in [0.1, 0.15) is 11.3 Å². The second-order valence-electron chi connectivity index (χ2n) is 7.82. The van der Waals surface area contributed by atoms with Crippen LogP contribution in [0, 0.1) is 0 Å². The highest BCUT2D eigenvalue weighted by molar-refractivity contribution is 6.32. The summed E-state index contributed by atoms with van der Waals surface area (Å²) in [7, 11) is 0. The van der Waals surface area contributed by atoms with Crippen molar-refractivity contribution < 1.29 is 24.2 Å². The van der Waals surface area contributed by atoms with Crippen molar-refractivity contribution in [3.05, 3.63) is 23.2 Å². The Kier molecular flexibility index (Phi) is 13.0. The molecular weight excluding hydrogens is 420 g/mol. The van der Waals surface area contributed by atoms with Gasteiger partial charge in [-0.3, -0.25) is 4.79 Å². The zero-order valence-electron chi connectivity index (χ0n) is 19.0. The molecule has 0 saturated carbocycles. The van der Waals surface area contributed by atoms with Gasteiger partial charge in [-0.15, -0.1) is 0 Å². The molecule has 176 valence electrons. The Bertz CT molecular complexity index is 686. The second kappa shape index (κ2) is 14.9. The van der Waals surface area contributed by atoms with E-state index in [1.54, 1.807) is 18.2 Å². The van der Waals surface area contributed by atoms with Crippen molar-refractivity contribution in [3.63, 3.8) is 0 Å². The predicted octanol–water partition coefficient (Wildman–Crippen LogP) is 5.30. The summed E-state index contributed by atoms with van der Waals surface area (Å²) in [4.78, 5) is 24.5. The molecule has 1 aromatic carbocycles. The zero-order valence-corrected chi connectivity index (χ0v) is 19.7. The SMILES string of the molecule is CCCCCCCCOc1ccc(NC(=O)[C@](C)(CO)NC(=O)OCCCC)cc1Cl. The molecule has 2 amide bonds. The van der Waals surface area contributed by atoms with Gasteiger partial charge in [-0.25, -0.2) is 4.79 Å². The summed E-state index contributed by atoms with van der Waals surface area (Å²) in [5.41, 5.74) is -1.11. The second-order valence-corrected chi connectivity index (χ2v) is 8.23. The molecule has 0 unspecified atom stereocenters. The quantitative estimate of drug-likeness (QED) is 0.311. The first-order valence-electron chi connectivity index (χ1n) is 11.2. The number of aliphatic hydroxyl groups excluding tert-OH is 1. The van der Waals surface area contributed by atoms with Gasteiger partial charge in [0.25, 0.3) is 5.91 Å². The average Bonchev–Trinajstić information content (AvgIpc) is 2.74. The number of carbonyl (C=O) groups excluding carboxylic acids is 2. The van der Waals surface area contributed by atoms with E-state index < -0.39 is 24.1 Å². The molecule has 0 aliphatic heterocycles. The molecule has 0 spiro atoms. The van der Waals surface area contributed by atoms with Gasteiger partial charge >= 0.3 is 6.09 Å². The summed E-state index contributed by atoms with van der Waals surface area (Å²) >= 11 is 6.28. The lowest BCUT2D eigenvalue weighted by atomic mass is 10.0. The molecule has 0 saturated heterocycles. The lowest BCUT2D eigenvalue weighted by Gasteiger charge is -2.27. The maximum atomic E-state index is 12.6. The summed E-state index contributed by atoms with van der Waals surface area (Å²) in [5, 5.41) is 15.1. The molecule has 0 radical (unpaired) electrons. The molecule has 0 heterocycles. The minimum Gasteiger partial charge on any atom is -0.492 e. The number of ether oxygens (including phenoxy) is 2. The standard InChI is InChI=1S/C23H37ClN2O5/c1-4-6-8-9-10-11-15-30-20-13-12-18(16-19(20)24)25-21(28)23(3,17-27)26-22(29)31-14-7-5-2/h12-13,16,27H,4-11,14-15,17H2,1-3H3,(H,25,28)(H,26,29)/t23-/m0/s1. The van der Waals surface area contributed by atoms with Gasteiger partial charge in [-0.1, -0.05) is 64.0 Å². The third kappa shape index (κ3) is 10.2. The smallest absolute Gasteiger partial charge is 0.408 e. The van der Waals surface area contributed by atoms with Gasteiger partial charge < -0.3 is 25.2 Å². The maximum absolute atomic E-state index is 12.6. The first kappa shape index (κ1) is 27.0. The molecule has 0 aromatic heterocycles. The summed E-state index contributed by atoms with van der Waals surface area (Å²) < 4.78 is 10.7. The van der Waals surface area contributed by atoms with E-state index >= 15 is 0 Å². The first-order valence-corrected chi connectivity index (χ1v) is 11.5. The van der Waals surface area contributed by atoms with Crippen molar-refractivity contribution in [2.24, 2.45) is 0 Å². The number of anilines is 1. The number of hydrogen-bond donors (Lipinski definition) is 3.